The van der Waals surface area contributed by atoms with Gasteiger partial charge in [-0.15, -0.1) is 0 Å². The average molecular weight is 337 g/mol. The molecule has 0 aromatic heterocycles. The largest absolute Gasteiger partial charge is 0.478 e. The quantitative estimate of drug-likeness (QED) is 0.892. The molecule has 2 aromatic carbocycles. The minimum Gasteiger partial charge on any atom is -0.478 e. The number of hydrogen-bond donors (Lipinski definition) is 2. The molecule has 0 spiro atoms. The molecule has 0 aliphatic rings. The third kappa shape index (κ3) is 3.19. The van der Waals surface area contributed by atoms with Gasteiger partial charge >= 0.3 is 5.97 Å². The standard InChI is InChI=1S/C14H9ClN2O4S/c15-12-6-5-10(7-11(12)14(18)19)22(20,21)17-13-4-2-1-3-9(13)8-16/h1-7,17H,(H,18,19). The first-order valence-electron chi connectivity index (χ1n) is 5.90. The van der Waals surface area contributed by atoms with Gasteiger partial charge in [0.25, 0.3) is 10.0 Å². The molecule has 22 heavy (non-hydrogen) atoms. The summed E-state index contributed by atoms with van der Waals surface area (Å²) in [6.45, 7) is 0. The number of carboxylic acid groups (broad SMARTS) is 1. The maximum atomic E-state index is 12.3. The molecule has 0 amide bonds. The van der Waals surface area contributed by atoms with Crippen molar-refractivity contribution in [1.29, 1.82) is 5.26 Å². The Morgan fingerprint density at radius 1 is 1.23 bits per heavy atom. The van der Waals surface area contributed by atoms with E-state index in [4.69, 9.17) is 22.0 Å². The molecule has 0 fully saturated rings. The number of benzene rings is 2. The number of carboxylic acids is 1. The van der Waals surface area contributed by atoms with Crippen molar-refractivity contribution in [2.75, 3.05) is 4.72 Å². The highest BCUT2D eigenvalue weighted by Crippen LogP contribution is 2.23. The highest BCUT2D eigenvalue weighted by atomic mass is 35.5. The smallest absolute Gasteiger partial charge is 0.337 e. The summed E-state index contributed by atoms with van der Waals surface area (Å²) < 4.78 is 26.9. The molecular formula is C14H9ClN2O4S. The number of nitrogens with zero attached hydrogens (tertiary/aromatic N) is 1. The fraction of sp³-hybridized carbons (Fsp3) is 0. The average Bonchev–Trinajstić information content (AvgIpc) is 2.47. The fourth-order valence-electron chi connectivity index (χ4n) is 1.71. The van der Waals surface area contributed by atoms with Gasteiger partial charge in [0, 0.05) is 0 Å². The van der Waals surface area contributed by atoms with Crippen LogP contribution in [-0.2, 0) is 10.0 Å². The van der Waals surface area contributed by atoms with Crippen molar-refractivity contribution in [2.24, 2.45) is 0 Å². The lowest BCUT2D eigenvalue weighted by atomic mass is 10.2. The van der Waals surface area contributed by atoms with Crippen LogP contribution in [0.5, 0.6) is 0 Å². The molecule has 0 aliphatic carbocycles. The molecule has 112 valence electrons. The van der Waals surface area contributed by atoms with Crippen molar-refractivity contribution in [3.63, 3.8) is 0 Å². The summed E-state index contributed by atoms with van der Waals surface area (Å²) in [5.41, 5.74) is -0.0616. The van der Waals surface area contributed by atoms with Gasteiger partial charge in [0.2, 0.25) is 0 Å². The van der Waals surface area contributed by atoms with E-state index < -0.39 is 16.0 Å². The first-order valence-corrected chi connectivity index (χ1v) is 7.76. The fourth-order valence-corrected chi connectivity index (χ4v) is 3.01. The number of para-hydroxylation sites is 1. The lowest BCUT2D eigenvalue weighted by Gasteiger charge is -2.10. The molecule has 0 atom stereocenters. The minimum atomic E-state index is -4.04. The van der Waals surface area contributed by atoms with Gasteiger partial charge in [0.15, 0.2) is 0 Å². The molecule has 0 saturated carbocycles. The predicted molar refractivity (Wildman–Crippen MR) is 80.4 cm³/mol. The van der Waals surface area contributed by atoms with Gasteiger partial charge in [-0.25, -0.2) is 13.2 Å². The Morgan fingerprint density at radius 3 is 2.55 bits per heavy atom. The second-order valence-electron chi connectivity index (χ2n) is 4.21. The van der Waals surface area contributed by atoms with E-state index in [1.165, 1.54) is 24.3 Å². The molecule has 0 radical (unpaired) electrons. The van der Waals surface area contributed by atoms with Crippen LogP contribution in [0.4, 0.5) is 5.69 Å². The van der Waals surface area contributed by atoms with Crippen molar-refractivity contribution in [2.45, 2.75) is 4.90 Å². The summed E-state index contributed by atoms with van der Waals surface area (Å²) in [4.78, 5) is 10.8. The molecule has 0 heterocycles. The first-order chi connectivity index (χ1) is 10.3. The monoisotopic (exact) mass is 336 g/mol. The number of carbonyl (C=O) groups is 1. The summed E-state index contributed by atoms with van der Waals surface area (Å²) in [6, 6.07) is 11.3. The van der Waals surface area contributed by atoms with E-state index in [0.717, 1.165) is 6.07 Å². The Hall–Kier alpha value is -2.56. The van der Waals surface area contributed by atoms with Crippen molar-refractivity contribution in [3.05, 3.63) is 58.6 Å². The number of anilines is 1. The molecule has 8 heteroatoms. The summed E-state index contributed by atoms with van der Waals surface area (Å²) in [5.74, 6) is -1.33. The number of halogens is 1. The molecule has 6 nitrogen and oxygen atoms in total. The number of nitriles is 1. The Kier molecular flexibility index (Phi) is 4.35. The number of sulfonamides is 1. The van der Waals surface area contributed by atoms with E-state index in [1.807, 2.05) is 6.07 Å². The minimum absolute atomic E-state index is 0.0659. The van der Waals surface area contributed by atoms with Crippen LogP contribution in [0.2, 0.25) is 5.02 Å². The lowest BCUT2D eigenvalue weighted by Crippen LogP contribution is -2.14. The van der Waals surface area contributed by atoms with E-state index in [-0.39, 0.29) is 26.7 Å². The SMILES string of the molecule is N#Cc1ccccc1NS(=O)(=O)c1ccc(Cl)c(C(=O)O)c1. The van der Waals surface area contributed by atoms with Crippen LogP contribution >= 0.6 is 11.6 Å². The van der Waals surface area contributed by atoms with Crippen LogP contribution in [0.1, 0.15) is 15.9 Å². The van der Waals surface area contributed by atoms with Crippen LogP contribution < -0.4 is 4.72 Å². The summed E-state index contributed by atoms with van der Waals surface area (Å²) in [5, 5.41) is 17.9. The van der Waals surface area contributed by atoms with Crippen molar-refractivity contribution >= 4 is 33.3 Å². The maximum absolute atomic E-state index is 12.3. The van der Waals surface area contributed by atoms with E-state index in [0.29, 0.717) is 0 Å². The van der Waals surface area contributed by atoms with E-state index in [9.17, 15) is 13.2 Å². The van der Waals surface area contributed by atoms with Crippen LogP contribution in [0.3, 0.4) is 0 Å². The first kappa shape index (κ1) is 15.8. The number of rotatable bonds is 4. The number of hydrogen-bond acceptors (Lipinski definition) is 4. The second-order valence-corrected chi connectivity index (χ2v) is 6.30. The molecule has 0 saturated heterocycles. The normalized spacial score (nSPS) is 10.7. The van der Waals surface area contributed by atoms with Crippen LogP contribution in [0.15, 0.2) is 47.4 Å². The molecule has 2 aromatic rings. The van der Waals surface area contributed by atoms with Gasteiger partial charge in [-0.3, -0.25) is 4.72 Å². The molecular weight excluding hydrogens is 328 g/mol. The van der Waals surface area contributed by atoms with Gasteiger partial charge in [0.1, 0.15) is 6.07 Å². The topological polar surface area (TPSA) is 107 Å². The highest BCUT2D eigenvalue weighted by molar-refractivity contribution is 7.92. The molecule has 2 N–H and O–H groups in total. The zero-order valence-corrected chi connectivity index (χ0v) is 12.5. The Labute approximate surface area is 131 Å². The van der Waals surface area contributed by atoms with Crippen molar-refractivity contribution in [3.8, 4) is 6.07 Å². The zero-order chi connectivity index (χ0) is 16.3. The van der Waals surface area contributed by atoms with E-state index >= 15 is 0 Å². The Morgan fingerprint density at radius 2 is 1.91 bits per heavy atom. The lowest BCUT2D eigenvalue weighted by molar-refractivity contribution is 0.0697. The Bertz CT molecular complexity index is 888. The van der Waals surface area contributed by atoms with Gasteiger partial charge in [-0.1, -0.05) is 23.7 Å². The second kappa shape index (κ2) is 6.05. The summed E-state index contributed by atoms with van der Waals surface area (Å²) in [7, 11) is -4.04. The molecule has 0 aliphatic heterocycles. The Balaban J connectivity index is 2.46. The zero-order valence-electron chi connectivity index (χ0n) is 10.9. The van der Waals surface area contributed by atoms with E-state index in [2.05, 4.69) is 4.72 Å². The third-order valence-electron chi connectivity index (χ3n) is 2.77. The molecule has 0 unspecified atom stereocenters. The molecule has 0 bridgehead atoms. The van der Waals surface area contributed by atoms with Crippen molar-refractivity contribution < 1.29 is 18.3 Å². The number of nitrogens with one attached hydrogen (secondary N) is 1. The molecule has 2 rings (SSSR count). The maximum Gasteiger partial charge on any atom is 0.337 e. The van der Waals surface area contributed by atoms with E-state index in [1.54, 1.807) is 12.1 Å². The summed E-state index contributed by atoms with van der Waals surface area (Å²) in [6.07, 6.45) is 0. The third-order valence-corrected chi connectivity index (χ3v) is 4.46. The van der Waals surface area contributed by atoms with Crippen LogP contribution in [0.25, 0.3) is 0 Å². The highest BCUT2D eigenvalue weighted by Gasteiger charge is 2.19. The van der Waals surface area contributed by atoms with Crippen LogP contribution in [-0.4, -0.2) is 19.5 Å². The van der Waals surface area contributed by atoms with Crippen molar-refractivity contribution in [1.82, 2.24) is 0 Å². The number of aromatic carboxylic acids is 1. The summed E-state index contributed by atoms with van der Waals surface area (Å²) >= 11 is 5.71. The van der Waals surface area contributed by atoms with Crippen LogP contribution in [0, 0.1) is 11.3 Å². The predicted octanol–water partition coefficient (Wildman–Crippen LogP) is 2.71. The van der Waals surface area contributed by atoms with Gasteiger partial charge in [-0.2, -0.15) is 5.26 Å². The van der Waals surface area contributed by atoms with Gasteiger partial charge < -0.3 is 5.11 Å². The van der Waals surface area contributed by atoms with Gasteiger partial charge in [0.05, 0.1) is 26.7 Å². The van der Waals surface area contributed by atoms with Gasteiger partial charge in [-0.05, 0) is 30.3 Å².